The summed E-state index contributed by atoms with van der Waals surface area (Å²) in [5.41, 5.74) is 0. The van der Waals surface area contributed by atoms with Crippen molar-refractivity contribution in [3.8, 4) is 0 Å². The molecule has 19 heavy (non-hydrogen) atoms. The van der Waals surface area contributed by atoms with Gasteiger partial charge in [0, 0.05) is 6.04 Å². The Balaban J connectivity index is 2.14. The molecule has 0 aromatic heterocycles. The van der Waals surface area contributed by atoms with Crippen LogP contribution in [0.15, 0.2) is 0 Å². The summed E-state index contributed by atoms with van der Waals surface area (Å²) in [6, 6.07) is -0.306. The molecule has 1 saturated heterocycles. The second kappa shape index (κ2) is 5.76. The number of carbonyl (C=O) groups is 1. The molecule has 2 aliphatic rings. The maximum absolute atomic E-state index is 11.6. The van der Waals surface area contributed by atoms with E-state index in [1.165, 1.54) is 7.11 Å². The maximum Gasteiger partial charge on any atom is 0.319 e. The summed E-state index contributed by atoms with van der Waals surface area (Å²) in [7, 11) is -1.89. The van der Waals surface area contributed by atoms with Crippen LogP contribution in [0.4, 0.5) is 0 Å². The third-order valence-electron chi connectivity index (χ3n) is 4.05. The van der Waals surface area contributed by atoms with E-state index in [9.17, 15) is 18.3 Å². The van der Waals surface area contributed by atoms with E-state index >= 15 is 0 Å². The highest BCUT2D eigenvalue weighted by atomic mass is 32.2. The molecule has 0 radical (unpaired) electrons. The van der Waals surface area contributed by atoms with Gasteiger partial charge < -0.3 is 9.84 Å². The number of nitrogens with zero attached hydrogens (tertiary/aromatic N) is 1. The highest BCUT2D eigenvalue weighted by Gasteiger charge is 2.43. The van der Waals surface area contributed by atoms with Gasteiger partial charge >= 0.3 is 5.97 Å². The fraction of sp³-hybridized carbons (Fsp3) is 0.917. The van der Waals surface area contributed by atoms with Crippen molar-refractivity contribution in [2.75, 3.05) is 25.2 Å². The highest BCUT2D eigenvalue weighted by Crippen LogP contribution is 2.29. The molecule has 6 nitrogen and oxygen atoms in total. The summed E-state index contributed by atoms with van der Waals surface area (Å²) in [5.74, 6) is -0.660. The number of aliphatic hydroxyl groups is 1. The van der Waals surface area contributed by atoms with E-state index in [0.29, 0.717) is 0 Å². The summed E-state index contributed by atoms with van der Waals surface area (Å²) in [4.78, 5) is 13.4. The summed E-state index contributed by atoms with van der Waals surface area (Å²) in [5, 5.41) is 9.97. The van der Waals surface area contributed by atoms with E-state index in [1.54, 1.807) is 0 Å². The molecule has 1 aliphatic heterocycles. The van der Waals surface area contributed by atoms with Gasteiger partial charge in [0.15, 0.2) is 9.84 Å². The third-order valence-corrected chi connectivity index (χ3v) is 5.75. The quantitative estimate of drug-likeness (QED) is 0.707. The van der Waals surface area contributed by atoms with E-state index < -0.39 is 22.0 Å². The van der Waals surface area contributed by atoms with Crippen molar-refractivity contribution in [3.05, 3.63) is 0 Å². The lowest BCUT2D eigenvalue weighted by molar-refractivity contribution is -0.143. The van der Waals surface area contributed by atoms with E-state index in [2.05, 4.69) is 4.74 Å². The van der Waals surface area contributed by atoms with Crippen LogP contribution in [0, 0.1) is 0 Å². The molecule has 2 atom stereocenters. The zero-order valence-electron chi connectivity index (χ0n) is 11.1. The predicted molar refractivity (Wildman–Crippen MR) is 69.4 cm³/mol. The monoisotopic (exact) mass is 291 g/mol. The first-order valence-electron chi connectivity index (χ1n) is 6.64. The number of sulfone groups is 1. The Hall–Kier alpha value is -0.660. The standard InChI is InChI=1S/C12H21NO5S/c1-18-12(15)6-13(9-4-2-3-5-9)10-7-19(16,17)8-11(10)14/h9-11,14H,2-8H2,1H3. The second-order valence-corrected chi connectivity index (χ2v) is 7.55. The van der Waals surface area contributed by atoms with Gasteiger partial charge in [0.05, 0.1) is 37.3 Å². The number of aliphatic hydroxyl groups excluding tert-OH is 1. The average molecular weight is 291 g/mol. The first-order valence-corrected chi connectivity index (χ1v) is 8.46. The Morgan fingerprint density at radius 2 is 1.95 bits per heavy atom. The maximum atomic E-state index is 11.6. The highest BCUT2D eigenvalue weighted by molar-refractivity contribution is 7.91. The Bertz CT molecular complexity index is 429. The normalized spacial score (nSPS) is 30.9. The summed E-state index contributed by atoms with van der Waals surface area (Å²) in [6.45, 7) is 0.0540. The number of esters is 1. The van der Waals surface area contributed by atoms with Gasteiger partial charge in [0.2, 0.25) is 0 Å². The first-order chi connectivity index (χ1) is 8.93. The Kier molecular flexibility index (Phi) is 4.47. The van der Waals surface area contributed by atoms with Crippen LogP contribution in [0.5, 0.6) is 0 Å². The Morgan fingerprint density at radius 3 is 2.42 bits per heavy atom. The molecule has 0 aromatic carbocycles. The summed E-state index contributed by atoms with van der Waals surface area (Å²) in [6.07, 6.45) is 3.14. The van der Waals surface area contributed by atoms with Crippen LogP contribution in [0.1, 0.15) is 25.7 Å². The molecular weight excluding hydrogens is 270 g/mol. The number of rotatable bonds is 4. The Labute approximate surface area is 113 Å². The number of ether oxygens (including phenoxy) is 1. The van der Waals surface area contributed by atoms with Crippen molar-refractivity contribution in [1.82, 2.24) is 4.90 Å². The van der Waals surface area contributed by atoms with Gasteiger partial charge in [-0.1, -0.05) is 12.8 Å². The average Bonchev–Trinajstić information content (AvgIpc) is 2.93. The smallest absolute Gasteiger partial charge is 0.319 e. The van der Waals surface area contributed by atoms with Gasteiger partial charge in [-0.05, 0) is 12.8 Å². The Morgan fingerprint density at radius 1 is 1.32 bits per heavy atom. The number of methoxy groups -OCH3 is 1. The van der Waals surface area contributed by atoms with Gasteiger partial charge in [-0.15, -0.1) is 0 Å². The van der Waals surface area contributed by atoms with E-state index in [0.717, 1.165) is 25.7 Å². The number of carbonyl (C=O) groups excluding carboxylic acids is 1. The third kappa shape index (κ3) is 3.46. The van der Waals surface area contributed by atoms with Gasteiger partial charge in [0.1, 0.15) is 0 Å². The summed E-state index contributed by atoms with van der Waals surface area (Å²) < 4.78 is 27.9. The van der Waals surface area contributed by atoms with Gasteiger partial charge in [-0.25, -0.2) is 8.42 Å². The van der Waals surface area contributed by atoms with Crippen molar-refractivity contribution in [3.63, 3.8) is 0 Å². The van der Waals surface area contributed by atoms with Gasteiger partial charge in [-0.2, -0.15) is 0 Å². The zero-order valence-corrected chi connectivity index (χ0v) is 11.9. The molecule has 0 amide bonds. The molecule has 110 valence electrons. The van der Waals surface area contributed by atoms with E-state index in [-0.39, 0.29) is 30.1 Å². The predicted octanol–water partition coefficient (Wildman–Crippen LogP) is -0.438. The fourth-order valence-corrected chi connectivity index (χ4v) is 4.91. The van der Waals surface area contributed by atoms with Gasteiger partial charge in [-0.3, -0.25) is 9.69 Å². The molecule has 1 aliphatic carbocycles. The van der Waals surface area contributed by atoms with Crippen molar-refractivity contribution in [1.29, 1.82) is 0 Å². The van der Waals surface area contributed by atoms with Crippen molar-refractivity contribution in [2.45, 2.75) is 43.9 Å². The minimum absolute atomic E-state index is 0.0540. The lowest BCUT2D eigenvalue weighted by atomic mass is 10.1. The van der Waals surface area contributed by atoms with Crippen molar-refractivity contribution >= 4 is 15.8 Å². The number of hydrogen-bond donors (Lipinski definition) is 1. The number of hydrogen-bond acceptors (Lipinski definition) is 6. The van der Waals surface area contributed by atoms with Crippen molar-refractivity contribution in [2.24, 2.45) is 0 Å². The summed E-state index contributed by atoms with van der Waals surface area (Å²) >= 11 is 0. The van der Waals surface area contributed by atoms with Crippen LogP contribution in [-0.4, -0.2) is 67.7 Å². The molecule has 7 heteroatoms. The SMILES string of the molecule is COC(=O)CN(C1CCCC1)C1CS(=O)(=O)CC1O. The molecule has 0 spiro atoms. The first kappa shape index (κ1) is 14.7. The zero-order chi connectivity index (χ0) is 14.0. The minimum atomic E-state index is -3.21. The molecular formula is C12H21NO5S. The molecule has 1 saturated carbocycles. The van der Waals surface area contributed by atoms with E-state index in [4.69, 9.17) is 0 Å². The van der Waals surface area contributed by atoms with Crippen LogP contribution in [0.2, 0.25) is 0 Å². The van der Waals surface area contributed by atoms with Crippen LogP contribution in [0.25, 0.3) is 0 Å². The molecule has 0 bridgehead atoms. The van der Waals surface area contributed by atoms with Crippen LogP contribution >= 0.6 is 0 Å². The van der Waals surface area contributed by atoms with Crippen LogP contribution in [0.3, 0.4) is 0 Å². The van der Waals surface area contributed by atoms with E-state index in [1.807, 2.05) is 4.90 Å². The van der Waals surface area contributed by atoms with Crippen LogP contribution < -0.4 is 0 Å². The topological polar surface area (TPSA) is 83.9 Å². The molecule has 2 fully saturated rings. The molecule has 2 rings (SSSR count). The lowest BCUT2D eigenvalue weighted by Gasteiger charge is -2.34. The molecule has 0 aromatic rings. The van der Waals surface area contributed by atoms with Gasteiger partial charge in [0.25, 0.3) is 0 Å². The molecule has 2 unspecified atom stereocenters. The second-order valence-electron chi connectivity index (χ2n) is 5.40. The van der Waals surface area contributed by atoms with Crippen molar-refractivity contribution < 1.29 is 23.1 Å². The molecule has 1 N–H and O–H groups in total. The van der Waals surface area contributed by atoms with Crippen LogP contribution in [-0.2, 0) is 19.4 Å². The largest absolute Gasteiger partial charge is 0.468 e. The minimum Gasteiger partial charge on any atom is -0.468 e. The fourth-order valence-electron chi connectivity index (χ4n) is 3.09. The molecule has 1 heterocycles. The lowest BCUT2D eigenvalue weighted by Crippen LogP contribution is -2.50.